The van der Waals surface area contributed by atoms with E-state index in [-0.39, 0.29) is 5.91 Å². The van der Waals surface area contributed by atoms with Crippen molar-refractivity contribution >= 4 is 17.2 Å². The van der Waals surface area contributed by atoms with Gasteiger partial charge in [-0.05, 0) is 30.0 Å². The molecule has 1 N–H and O–H groups in total. The van der Waals surface area contributed by atoms with Gasteiger partial charge in [0, 0.05) is 6.42 Å². The second kappa shape index (κ2) is 6.21. The van der Waals surface area contributed by atoms with Crippen LogP contribution < -0.4 is 5.32 Å². The molecule has 2 rings (SSSR count). The minimum absolute atomic E-state index is 0.0176. The van der Waals surface area contributed by atoms with Gasteiger partial charge < -0.3 is 9.73 Å². The summed E-state index contributed by atoms with van der Waals surface area (Å²) in [7, 11) is 0. The van der Waals surface area contributed by atoms with Gasteiger partial charge in [0.05, 0.1) is 11.4 Å². The van der Waals surface area contributed by atoms with Crippen LogP contribution in [0.25, 0.3) is 10.6 Å². The van der Waals surface area contributed by atoms with Gasteiger partial charge in [-0.15, -0.1) is 17.9 Å². The average Bonchev–Trinajstić information content (AvgIpc) is 3.03. The normalized spacial score (nSPS) is 10.2. The van der Waals surface area contributed by atoms with E-state index in [0.29, 0.717) is 19.4 Å². The smallest absolute Gasteiger partial charge is 0.220 e. The molecular weight excluding hydrogens is 246 g/mol. The number of thiophene rings is 1. The zero-order valence-electron chi connectivity index (χ0n) is 10.0. The molecule has 4 heteroatoms. The third kappa shape index (κ3) is 3.34. The second-order valence-electron chi connectivity index (χ2n) is 3.85. The van der Waals surface area contributed by atoms with Crippen molar-refractivity contribution in [2.24, 2.45) is 0 Å². The lowest BCUT2D eigenvalue weighted by Gasteiger charge is -2.01. The predicted molar refractivity (Wildman–Crippen MR) is 73.3 cm³/mol. The molecule has 0 unspecified atom stereocenters. The Kier molecular flexibility index (Phi) is 4.36. The Labute approximate surface area is 110 Å². The summed E-state index contributed by atoms with van der Waals surface area (Å²) in [6, 6.07) is 7.81. The quantitative estimate of drug-likeness (QED) is 0.807. The Morgan fingerprint density at radius 1 is 1.44 bits per heavy atom. The summed E-state index contributed by atoms with van der Waals surface area (Å²) in [4.78, 5) is 12.5. The van der Waals surface area contributed by atoms with Crippen molar-refractivity contribution in [2.45, 2.75) is 19.4 Å². The van der Waals surface area contributed by atoms with Crippen LogP contribution in [0.2, 0.25) is 0 Å². The van der Waals surface area contributed by atoms with Gasteiger partial charge in [-0.2, -0.15) is 0 Å². The van der Waals surface area contributed by atoms with E-state index >= 15 is 0 Å². The molecule has 0 aromatic carbocycles. The summed E-state index contributed by atoms with van der Waals surface area (Å²) < 4.78 is 5.66. The number of nitrogens with one attached hydrogen (secondary N) is 1. The number of rotatable bonds is 6. The molecule has 0 aliphatic heterocycles. The summed E-state index contributed by atoms with van der Waals surface area (Å²) in [6.45, 7) is 4.02. The van der Waals surface area contributed by atoms with E-state index in [1.54, 1.807) is 17.4 Å². The van der Waals surface area contributed by atoms with Gasteiger partial charge in [0.15, 0.2) is 0 Å². The van der Waals surface area contributed by atoms with Crippen molar-refractivity contribution in [2.75, 3.05) is 0 Å². The van der Waals surface area contributed by atoms with Crippen LogP contribution in [0.1, 0.15) is 18.6 Å². The van der Waals surface area contributed by atoms with Gasteiger partial charge >= 0.3 is 0 Å². The standard InChI is InChI=1S/C14H15NO2S/c1-2-3-6-14(16)15-10-11-7-8-12(17-11)13-5-4-9-18-13/h2,4-5,7-9H,1,3,6,10H2,(H,15,16). The van der Waals surface area contributed by atoms with Crippen LogP contribution in [0, 0.1) is 0 Å². The number of carbonyl (C=O) groups excluding carboxylic acids is 1. The summed E-state index contributed by atoms with van der Waals surface area (Å²) in [6.07, 6.45) is 2.91. The van der Waals surface area contributed by atoms with E-state index in [4.69, 9.17) is 4.42 Å². The molecule has 0 bridgehead atoms. The average molecular weight is 261 g/mol. The van der Waals surface area contributed by atoms with Crippen LogP contribution in [-0.4, -0.2) is 5.91 Å². The molecular formula is C14H15NO2S. The zero-order chi connectivity index (χ0) is 12.8. The Morgan fingerprint density at radius 2 is 2.33 bits per heavy atom. The van der Waals surface area contributed by atoms with Crippen LogP contribution in [-0.2, 0) is 11.3 Å². The second-order valence-corrected chi connectivity index (χ2v) is 4.80. The Bertz CT molecular complexity index is 514. The number of furan rings is 1. The minimum atomic E-state index is 0.0176. The van der Waals surface area contributed by atoms with Crippen molar-refractivity contribution in [1.82, 2.24) is 5.32 Å². The maximum atomic E-state index is 11.4. The van der Waals surface area contributed by atoms with E-state index in [9.17, 15) is 4.79 Å². The van der Waals surface area contributed by atoms with Gasteiger partial charge in [-0.25, -0.2) is 0 Å². The highest BCUT2D eigenvalue weighted by atomic mass is 32.1. The Balaban J connectivity index is 1.87. The van der Waals surface area contributed by atoms with Crippen molar-refractivity contribution in [3.8, 4) is 10.6 Å². The first kappa shape index (κ1) is 12.6. The molecule has 0 spiro atoms. The molecule has 2 aromatic heterocycles. The molecule has 3 nitrogen and oxygen atoms in total. The highest BCUT2D eigenvalue weighted by Gasteiger charge is 2.06. The summed E-state index contributed by atoms with van der Waals surface area (Å²) in [5.41, 5.74) is 0. The predicted octanol–water partition coefficient (Wildman–Crippen LogP) is 3.59. The lowest BCUT2D eigenvalue weighted by Crippen LogP contribution is -2.21. The molecule has 94 valence electrons. The van der Waals surface area contributed by atoms with Crippen molar-refractivity contribution in [3.63, 3.8) is 0 Å². The fraction of sp³-hybridized carbons (Fsp3) is 0.214. The van der Waals surface area contributed by atoms with Crippen molar-refractivity contribution in [3.05, 3.63) is 48.1 Å². The van der Waals surface area contributed by atoms with Gasteiger partial charge in [0.25, 0.3) is 0 Å². The van der Waals surface area contributed by atoms with Crippen molar-refractivity contribution < 1.29 is 9.21 Å². The first-order valence-electron chi connectivity index (χ1n) is 5.80. The molecule has 2 heterocycles. The highest BCUT2D eigenvalue weighted by Crippen LogP contribution is 2.26. The minimum Gasteiger partial charge on any atom is -0.458 e. The van der Waals surface area contributed by atoms with Gasteiger partial charge in [0.2, 0.25) is 5.91 Å². The highest BCUT2D eigenvalue weighted by molar-refractivity contribution is 7.13. The molecule has 0 saturated heterocycles. The largest absolute Gasteiger partial charge is 0.458 e. The van der Waals surface area contributed by atoms with E-state index < -0.39 is 0 Å². The first-order valence-corrected chi connectivity index (χ1v) is 6.68. The van der Waals surface area contributed by atoms with Crippen LogP contribution >= 0.6 is 11.3 Å². The van der Waals surface area contributed by atoms with Gasteiger partial charge in [0.1, 0.15) is 11.5 Å². The molecule has 0 saturated carbocycles. The summed E-state index contributed by atoms with van der Waals surface area (Å²) in [5, 5.41) is 4.82. The number of hydrogen-bond donors (Lipinski definition) is 1. The molecule has 2 aromatic rings. The van der Waals surface area contributed by atoms with E-state index in [0.717, 1.165) is 16.4 Å². The SMILES string of the molecule is C=CCCC(=O)NCc1ccc(-c2cccs2)o1. The molecule has 0 aliphatic rings. The molecule has 0 atom stereocenters. The number of hydrogen-bond acceptors (Lipinski definition) is 3. The zero-order valence-corrected chi connectivity index (χ0v) is 10.8. The maximum Gasteiger partial charge on any atom is 0.220 e. The fourth-order valence-electron chi connectivity index (χ4n) is 1.53. The Morgan fingerprint density at radius 3 is 3.06 bits per heavy atom. The summed E-state index contributed by atoms with van der Waals surface area (Å²) in [5.74, 6) is 1.63. The molecule has 0 radical (unpaired) electrons. The monoisotopic (exact) mass is 261 g/mol. The fourth-order valence-corrected chi connectivity index (χ4v) is 2.22. The van der Waals surface area contributed by atoms with E-state index in [1.807, 2.05) is 29.6 Å². The van der Waals surface area contributed by atoms with Gasteiger partial charge in [-0.3, -0.25) is 4.79 Å². The third-order valence-corrected chi connectivity index (χ3v) is 3.35. The molecule has 0 aliphatic carbocycles. The van der Waals surface area contributed by atoms with Crippen LogP contribution in [0.4, 0.5) is 0 Å². The first-order chi connectivity index (χ1) is 8.79. The molecule has 0 fully saturated rings. The van der Waals surface area contributed by atoms with Crippen LogP contribution in [0.5, 0.6) is 0 Å². The summed E-state index contributed by atoms with van der Waals surface area (Å²) >= 11 is 1.63. The lowest BCUT2D eigenvalue weighted by atomic mass is 10.3. The van der Waals surface area contributed by atoms with E-state index in [2.05, 4.69) is 11.9 Å². The van der Waals surface area contributed by atoms with Crippen molar-refractivity contribution in [1.29, 1.82) is 0 Å². The van der Waals surface area contributed by atoms with Gasteiger partial charge in [-0.1, -0.05) is 12.1 Å². The Hall–Kier alpha value is -1.81. The molecule has 18 heavy (non-hydrogen) atoms. The van der Waals surface area contributed by atoms with E-state index in [1.165, 1.54) is 0 Å². The third-order valence-electron chi connectivity index (χ3n) is 2.46. The number of allylic oxidation sites excluding steroid dienone is 1. The number of amides is 1. The maximum absolute atomic E-state index is 11.4. The molecule has 1 amide bonds. The van der Waals surface area contributed by atoms with Crippen LogP contribution in [0.15, 0.2) is 46.7 Å². The number of carbonyl (C=O) groups is 1. The van der Waals surface area contributed by atoms with Crippen LogP contribution in [0.3, 0.4) is 0 Å². The topological polar surface area (TPSA) is 42.2 Å². The lowest BCUT2D eigenvalue weighted by molar-refractivity contribution is -0.121.